The molecule has 0 atom stereocenters. The minimum absolute atomic E-state index is 0.0539. The number of nitrogens with zero attached hydrogens (tertiary/aromatic N) is 1. The number of anilines is 2. The Labute approximate surface area is 156 Å². The summed E-state index contributed by atoms with van der Waals surface area (Å²) in [5, 5.41) is 2.97. The molecule has 0 bridgehead atoms. The van der Waals surface area contributed by atoms with Crippen molar-refractivity contribution in [3.63, 3.8) is 0 Å². The van der Waals surface area contributed by atoms with Crippen LogP contribution in [0, 0.1) is 20.8 Å². The Kier molecular flexibility index (Phi) is 6.56. The van der Waals surface area contributed by atoms with Crippen molar-refractivity contribution in [3.05, 3.63) is 58.7 Å². The van der Waals surface area contributed by atoms with Gasteiger partial charge in [-0.2, -0.15) is 0 Å². The molecule has 0 unspecified atom stereocenters. The van der Waals surface area contributed by atoms with E-state index in [4.69, 9.17) is 0 Å². The normalized spacial score (nSPS) is 10.5. The average molecular weight is 352 g/mol. The van der Waals surface area contributed by atoms with Gasteiger partial charge in [-0.15, -0.1) is 0 Å². The molecule has 26 heavy (non-hydrogen) atoms. The lowest BCUT2D eigenvalue weighted by Crippen LogP contribution is -2.33. The second-order valence-corrected chi connectivity index (χ2v) is 6.73. The maximum atomic E-state index is 12.4. The molecule has 0 saturated carbocycles. The zero-order valence-corrected chi connectivity index (χ0v) is 16.3. The van der Waals surface area contributed by atoms with E-state index >= 15 is 0 Å². The molecule has 0 aliphatic heterocycles. The number of para-hydroxylation sites is 1. The van der Waals surface area contributed by atoms with Crippen LogP contribution in [-0.2, 0) is 16.0 Å². The Balaban J connectivity index is 2.12. The van der Waals surface area contributed by atoms with Gasteiger partial charge in [-0.25, -0.2) is 0 Å². The van der Waals surface area contributed by atoms with Gasteiger partial charge in [0.1, 0.15) is 0 Å². The average Bonchev–Trinajstić information content (AvgIpc) is 2.57. The lowest BCUT2D eigenvalue weighted by molar-refractivity contribution is -0.117. The van der Waals surface area contributed by atoms with Crippen molar-refractivity contribution in [3.8, 4) is 0 Å². The quantitative estimate of drug-likeness (QED) is 0.829. The molecule has 0 heterocycles. The number of amides is 2. The predicted molar refractivity (Wildman–Crippen MR) is 108 cm³/mol. The van der Waals surface area contributed by atoms with Crippen LogP contribution in [0.4, 0.5) is 11.4 Å². The Morgan fingerprint density at radius 2 is 1.65 bits per heavy atom. The van der Waals surface area contributed by atoms with Gasteiger partial charge in [0, 0.05) is 31.3 Å². The van der Waals surface area contributed by atoms with Crippen LogP contribution in [0.2, 0.25) is 0 Å². The summed E-state index contributed by atoms with van der Waals surface area (Å²) < 4.78 is 0. The number of benzene rings is 2. The molecule has 0 radical (unpaired) electrons. The summed E-state index contributed by atoms with van der Waals surface area (Å²) in [4.78, 5) is 26.3. The van der Waals surface area contributed by atoms with E-state index in [2.05, 4.69) is 24.4 Å². The van der Waals surface area contributed by atoms with Crippen molar-refractivity contribution in [1.29, 1.82) is 0 Å². The van der Waals surface area contributed by atoms with Crippen LogP contribution in [0.25, 0.3) is 0 Å². The van der Waals surface area contributed by atoms with Gasteiger partial charge in [0.25, 0.3) is 0 Å². The van der Waals surface area contributed by atoms with Crippen molar-refractivity contribution in [2.45, 2.75) is 47.5 Å². The van der Waals surface area contributed by atoms with E-state index in [0.717, 1.165) is 34.5 Å². The molecule has 1 N–H and O–H groups in total. The van der Waals surface area contributed by atoms with Crippen molar-refractivity contribution in [2.75, 3.05) is 16.8 Å². The van der Waals surface area contributed by atoms with Gasteiger partial charge < -0.3 is 10.2 Å². The Hall–Kier alpha value is -2.62. The highest BCUT2D eigenvalue weighted by Crippen LogP contribution is 2.27. The van der Waals surface area contributed by atoms with Crippen LogP contribution in [0.15, 0.2) is 36.4 Å². The molecule has 2 aromatic rings. The number of carbonyl (C=O) groups excluding carboxylic acids is 2. The van der Waals surface area contributed by atoms with Crippen molar-refractivity contribution in [1.82, 2.24) is 0 Å². The lowest BCUT2D eigenvalue weighted by Gasteiger charge is -2.25. The van der Waals surface area contributed by atoms with Crippen molar-refractivity contribution < 1.29 is 9.59 Å². The van der Waals surface area contributed by atoms with Gasteiger partial charge >= 0.3 is 0 Å². The first kappa shape index (κ1) is 19.7. The number of hydrogen-bond acceptors (Lipinski definition) is 2. The molecular formula is C22H28N2O2. The summed E-state index contributed by atoms with van der Waals surface area (Å²) in [6, 6.07) is 11.9. The summed E-state index contributed by atoms with van der Waals surface area (Å²) in [7, 11) is 0. The van der Waals surface area contributed by atoms with Gasteiger partial charge in [0.15, 0.2) is 0 Å². The van der Waals surface area contributed by atoms with E-state index in [0.29, 0.717) is 6.54 Å². The third-order valence-corrected chi connectivity index (χ3v) is 4.52. The van der Waals surface area contributed by atoms with Gasteiger partial charge in [-0.1, -0.05) is 42.8 Å². The number of hydrogen-bond donors (Lipinski definition) is 1. The highest BCUT2D eigenvalue weighted by atomic mass is 16.2. The first-order valence-electron chi connectivity index (χ1n) is 9.07. The lowest BCUT2D eigenvalue weighted by atomic mass is 10.0. The molecule has 0 spiro atoms. The predicted octanol–water partition coefficient (Wildman–Crippen LogP) is 4.56. The number of nitrogens with one attached hydrogen (secondary N) is 1. The SMILES string of the molecule is CCc1ccccc1NC(=O)CCN(C(C)=O)c1c(C)cc(C)cc1C. The maximum Gasteiger partial charge on any atom is 0.226 e. The fourth-order valence-electron chi connectivity index (χ4n) is 3.40. The summed E-state index contributed by atoms with van der Waals surface area (Å²) in [6.07, 6.45) is 1.11. The van der Waals surface area contributed by atoms with E-state index in [-0.39, 0.29) is 18.2 Å². The van der Waals surface area contributed by atoms with Gasteiger partial charge in [0.2, 0.25) is 11.8 Å². The molecule has 0 saturated heterocycles. The number of carbonyl (C=O) groups is 2. The highest BCUT2D eigenvalue weighted by Gasteiger charge is 2.18. The van der Waals surface area contributed by atoms with E-state index in [9.17, 15) is 9.59 Å². The summed E-state index contributed by atoms with van der Waals surface area (Å²) in [5.41, 5.74) is 6.13. The zero-order chi connectivity index (χ0) is 19.3. The molecule has 0 aliphatic carbocycles. The van der Waals surface area contributed by atoms with Gasteiger partial charge in [-0.05, 0) is 49.9 Å². The standard InChI is InChI=1S/C22H28N2O2/c1-6-19-9-7-8-10-20(19)23-21(26)11-12-24(18(5)25)22-16(3)13-15(2)14-17(22)4/h7-10,13-14H,6,11-12H2,1-5H3,(H,23,26). The van der Waals surface area contributed by atoms with Crippen LogP contribution in [-0.4, -0.2) is 18.4 Å². The third-order valence-electron chi connectivity index (χ3n) is 4.52. The van der Waals surface area contributed by atoms with Crippen LogP contribution in [0.5, 0.6) is 0 Å². The molecule has 138 valence electrons. The van der Waals surface area contributed by atoms with Gasteiger partial charge in [-0.3, -0.25) is 9.59 Å². The monoisotopic (exact) mass is 352 g/mol. The molecule has 0 fully saturated rings. The zero-order valence-electron chi connectivity index (χ0n) is 16.3. The Bertz CT molecular complexity index is 789. The molecule has 4 heteroatoms. The van der Waals surface area contributed by atoms with E-state index in [1.165, 1.54) is 5.56 Å². The summed E-state index contributed by atoms with van der Waals surface area (Å²) in [5.74, 6) is -0.138. The molecule has 0 aliphatic rings. The highest BCUT2D eigenvalue weighted by molar-refractivity contribution is 5.96. The maximum absolute atomic E-state index is 12.4. The Morgan fingerprint density at radius 1 is 1.04 bits per heavy atom. The minimum Gasteiger partial charge on any atom is -0.326 e. The molecule has 2 amide bonds. The van der Waals surface area contributed by atoms with Crippen molar-refractivity contribution in [2.24, 2.45) is 0 Å². The molecule has 0 aromatic heterocycles. The van der Waals surface area contributed by atoms with Gasteiger partial charge in [0.05, 0.1) is 0 Å². The Morgan fingerprint density at radius 3 is 2.23 bits per heavy atom. The topological polar surface area (TPSA) is 49.4 Å². The summed E-state index contributed by atoms with van der Waals surface area (Å²) in [6.45, 7) is 10.0. The van der Waals surface area contributed by atoms with Crippen LogP contribution >= 0.6 is 0 Å². The van der Waals surface area contributed by atoms with Crippen molar-refractivity contribution >= 4 is 23.2 Å². The van der Waals surface area contributed by atoms with E-state index < -0.39 is 0 Å². The number of rotatable bonds is 6. The second kappa shape index (κ2) is 8.65. The first-order chi connectivity index (χ1) is 12.3. The fourth-order valence-corrected chi connectivity index (χ4v) is 3.40. The van der Waals surface area contributed by atoms with Crippen LogP contribution in [0.1, 0.15) is 42.5 Å². The largest absolute Gasteiger partial charge is 0.326 e. The number of aryl methyl sites for hydroxylation is 4. The molecule has 2 aromatic carbocycles. The van der Waals surface area contributed by atoms with Crippen LogP contribution in [0.3, 0.4) is 0 Å². The smallest absolute Gasteiger partial charge is 0.226 e. The van der Waals surface area contributed by atoms with E-state index in [1.807, 2.05) is 45.0 Å². The van der Waals surface area contributed by atoms with E-state index in [1.54, 1.807) is 11.8 Å². The van der Waals surface area contributed by atoms with Crippen LogP contribution < -0.4 is 10.2 Å². The minimum atomic E-state index is -0.0837. The summed E-state index contributed by atoms with van der Waals surface area (Å²) >= 11 is 0. The molecule has 4 nitrogen and oxygen atoms in total. The second-order valence-electron chi connectivity index (χ2n) is 6.73. The molecule has 2 rings (SSSR count). The molecular weight excluding hydrogens is 324 g/mol. The fraction of sp³-hybridized carbons (Fsp3) is 0.364. The third kappa shape index (κ3) is 4.72. The first-order valence-corrected chi connectivity index (χ1v) is 9.07.